The van der Waals surface area contributed by atoms with Crippen molar-refractivity contribution in [1.29, 1.82) is 0 Å². The molecule has 2 aromatic rings. The summed E-state index contributed by atoms with van der Waals surface area (Å²) in [5.74, 6) is -0.544. The van der Waals surface area contributed by atoms with Gasteiger partial charge in [0.15, 0.2) is 0 Å². The summed E-state index contributed by atoms with van der Waals surface area (Å²) in [4.78, 5) is 22.5. The van der Waals surface area contributed by atoms with Gasteiger partial charge in [-0.25, -0.2) is 0 Å². The smallest absolute Gasteiger partial charge is 0.328 e. The van der Waals surface area contributed by atoms with Crippen LogP contribution in [0.25, 0.3) is 0 Å². The minimum absolute atomic E-state index is 0.0862. The number of carbonyl (C=O) groups excluding carboxylic acids is 1. The summed E-state index contributed by atoms with van der Waals surface area (Å²) in [6.07, 6.45) is -0.525. The number of ether oxygens (including phenoxy) is 1. The highest BCUT2D eigenvalue weighted by atomic mass is 35.5. The van der Waals surface area contributed by atoms with Gasteiger partial charge in [-0.1, -0.05) is 29.8 Å². The van der Waals surface area contributed by atoms with Crippen molar-refractivity contribution >= 4 is 23.3 Å². The van der Waals surface area contributed by atoms with E-state index in [1.165, 1.54) is 11.6 Å². The number of hydrogen-bond donors (Lipinski definition) is 0. The zero-order valence-electron chi connectivity index (χ0n) is 12.9. The van der Waals surface area contributed by atoms with E-state index >= 15 is 0 Å². The normalized spacial score (nSPS) is 12.0. The van der Waals surface area contributed by atoms with E-state index in [9.17, 15) is 14.9 Å². The molecule has 1 aromatic carbocycles. The van der Waals surface area contributed by atoms with Crippen LogP contribution in [0.15, 0.2) is 24.3 Å². The molecule has 1 atom stereocenters. The first-order valence-electron chi connectivity index (χ1n) is 6.93. The Balaban J connectivity index is 2.10. The standard InChI is InChI=1S/C15H16ClN3O4/c1-9-15(19(21)22)10(2)18(17-9)8-14(20)23-11(3)12-6-4-5-7-13(12)16/h4-7,11H,8H2,1-3H3/t11-/m1/s1. The minimum Gasteiger partial charge on any atom is -0.456 e. The van der Waals surface area contributed by atoms with Gasteiger partial charge < -0.3 is 4.74 Å². The van der Waals surface area contributed by atoms with E-state index in [0.717, 1.165) is 0 Å². The van der Waals surface area contributed by atoms with Gasteiger partial charge in [0.1, 0.15) is 24.0 Å². The summed E-state index contributed by atoms with van der Waals surface area (Å²) < 4.78 is 6.60. The lowest BCUT2D eigenvalue weighted by Gasteiger charge is -2.15. The topological polar surface area (TPSA) is 87.3 Å². The third-order valence-electron chi connectivity index (χ3n) is 3.46. The van der Waals surface area contributed by atoms with Crippen LogP contribution in [-0.2, 0) is 16.1 Å². The van der Waals surface area contributed by atoms with Gasteiger partial charge >= 0.3 is 11.7 Å². The van der Waals surface area contributed by atoms with Crippen LogP contribution in [0.4, 0.5) is 5.69 Å². The Labute approximate surface area is 138 Å². The van der Waals surface area contributed by atoms with Crippen molar-refractivity contribution in [2.24, 2.45) is 0 Å². The molecule has 0 saturated heterocycles. The third kappa shape index (κ3) is 3.68. The van der Waals surface area contributed by atoms with Crippen LogP contribution in [0.2, 0.25) is 5.02 Å². The highest BCUT2D eigenvalue weighted by Gasteiger charge is 2.23. The molecule has 0 bridgehead atoms. The Morgan fingerprint density at radius 3 is 2.65 bits per heavy atom. The van der Waals surface area contributed by atoms with Gasteiger partial charge in [-0.05, 0) is 26.8 Å². The van der Waals surface area contributed by atoms with Gasteiger partial charge in [0.25, 0.3) is 0 Å². The number of hydrogen-bond acceptors (Lipinski definition) is 5. The number of carbonyl (C=O) groups is 1. The first-order valence-corrected chi connectivity index (χ1v) is 7.31. The van der Waals surface area contributed by atoms with Crippen LogP contribution in [0, 0.1) is 24.0 Å². The number of nitro groups is 1. The lowest BCUT2D eigenvalue weighted by Crippen LogP contribution is -2.17. The maximum absolute atomic E-state index is 12.1. The summed E-state index contributed by atoms with van der Waals surface area (Å²) in [5, 5.41) is 15.5. The molecule has 0 radical (unpaired) electrons. The molecule has 122 valence electrons. The summed E-state index contributed by atoms with van der Waals surface area (Å²) in [7, 11) is 0. The summed E-state index contributed by atoms with van der Waals surface area (Å²) in [6.45, 7) is 4.58. The van der Waals surface area contributed by atoms with Gasteiger partial charge in [0.05, 0.1) is 4.92 Å². The SMILES string of the molecule is Cc1nn(CC(=O)O[C@H](C)c2ccccc2Cl)c(C)c1[N+](=O)[O-]. The Kier molecular flexibility index (Phi) is 5.00. The maximum Gasteiger partial charge on any atom is 0.328 e. The van der Waals surface area contributed by atoms with Crippen molar-refractivity contribution in [3.63, 3.8) is 0 Å². The molecule has 0 saturated carbocycles. The maximum atomic E-state index is 12.1. The van der Waals surface area contributed by atoms with E-state index in [2.05, 4.69) is 5.10 Å². The predicted molar refractivity (Wildman–Crippen MR) is 84.3 cm³/mol. The second-order valence-electron chi connectivity index (χ2n) is 5.09. The molecule has 0 N–H and O–H groups in total. The molecule has 0 aliphatic heterocycles. The number of halogens is 1. The monoisotopic (exact) mass is 337 g/mol. The van der Waals surface area contributed by atoms with Crippen molar-refractivity contribution < 1.29 is 14.5 Å². The van der Waals surface area contributed by atoms with Crippen LogP contribution < -0.4 is 0 Å². The first kappa shape index (κ1) is 17.0. The minimum atomic E-state index is -0.544. The molecule has 1 heterocycles. The molecule has 2 rings (SSSR count). The average molecular weight is 338 g/mol. The van der Waals surface area contributed by atoms with Gasteiger partial charge in [-0.2, -0.15) is 5.10 Å². The van der Waals surface area contributed by atoms with Gasteiger partial charge in [-0.15, -0.1) is 0 Å². The molecule has 0 spiro atoms. The van der Waals surface area contributed by atoms with Crippen molar-refractivity contribution in [1.82, 2.24) is 9.78 Å². The third-order valence-corrected chi connectivity index (χ3v) is 3.80. The fourth-order valence-electron chi connectivity index (χ4n) is 2.33. The van der Waals surface area contributed by atoms with E-state index in [1.807, 2.05) is 0 Å². The molecule has 0 aliphatic carbocycles. The van der Waals surface area contributed by atoms with Crippen molar-refractivity contribution in [2.45, 2.75) is 33.4 Å². The number of aromatic nitrogens is 2. The number of aryl methyl sites for hydroxylation is 1. The van der Waals surface area contributed by atoms with E-state index < -0.39 is 17.0 Å². The summed E-state index contributed by atoms with van der Waals surface area (Å²) in [6, 6.07) is 7.07. The van der Waals surface area contributed by atoms with Crippen molar-refractivity contribution in [3.8, 4) is 0 Å². The molecule has 0 unspecified atom stereocenters. The quantitative estimate of drug-likeness (QED) is 0.474. The fourth-order valence-corrected chi connectivity index (χ4v) is 2.62. The molecule has 0 amide bonds. The summed E-state index contributed by atoms with van der Waals surface area (Å²) in [5.41, 5.74) is 1.19. The van der Waals surface area contributed by atoms with Crippen molar-refractivity contribution in [3.05, 3.63) is 56.4 Å². The van der Waals surface area contributed by atoms with Crippen LogP contribution in [0.3, 0.4) is 0 Å². The lowest BCUT2D eigenvalue weighted by atomic mass is 10.1. The van der Waals surface area contributed by atoms with E-state index in [4.69, 9.17) is 16.3 Å². The molecule has 1 aromatic heterocycles. The number of esters is 1. The van der Waals surface area contributed by atoms with Crippen molar-refractivity contribution in [2.75, 3.05) is 0 Å². The Morgan fingerprint density at radius 2 is 2.09 bits per heavy atom. The highest BCUT2D eigenvalue weighted by Crippen LogP contribution is 2.26. The molecule has 23 heavy (non-hydrogen) atoms. The van der Waals surface area contributed by atoms with Gasteiger partial charge in [0.2, 0.25) is 0 Å². The zero-order chi connectivity index (χ0) is 17.1. The zero-order valence-corrected chi connectivity index (χ0v) is 13.7. The largest absolute Gasteiger partial charge is 0.456 e. The Bertz CT molecular complexity index is 757. The summed E-state index contributed by atoms with van der Waals surface area (Å²) >= 11 is 6.06. The molecule has 7 nitrogen and oxygen atoms in total. The first-order chi connectivity index (χ1) is 10.8. The van der Waals surface area contributed by atoms with Crippen LogP contribution >= 0.6 is 11.6 Å². The van der Waals surface area contributed by atoms with Crippen LogP contribution in [-0.4, -0.2) is 20.7 Å². The van der Waals surface area contributed by atoms with E-state index in [0.29, 0.717) is 16.3 Å². The molecular weight excluding hydrogens is 322 g/mol. The Hall–Kier alpha value is -2.41. The van der Waals surface area contributed by atoms with Crippen LogP contribution in [0.5, 0.6) is 0 Å². The van der Waals surface area contributed by atoms with E-state index in [1.54, 1.807) is 38.1 Å². The highest BCUT2D eigenvalue weighted by molar-refractivity contribution is 6.31. The van der Waals surface area contributed by atoms with Gasteiger partial charge in [-0.3, -0.25) is 19.6 Å². The number of benzene rings is 1. The van der Waals surface area contributed by atoms with E-state index in [-0.39, 0.29) is 17.9 Å². The molecule has 8 heteroatoms. The fraction of sp³-hybridized carbons (Fsp3) is 0.333. The number of rotatable bonds is 5. The molecular formula is C15H16ClN3O4. The second-order valence-corrected chi connectivity index (χ2v) is 5.49. The lowest BCUT2D eigenvalue weighted by molar-refractivity contribution is -0.386. The van der Waals surface area contributed by atoms with Crippen LogP contribution in [0.1, 0.15) is 30.0 Å². The molecule has 0 fully saturated rings. The number of nitrogens with zero attached hydrogens (tertiary/aromatic N) is 3. The average Bonchev–Trinajstić information content (AvgIpc) is 2.73. The van der Waals surface area contributed by atoms with Gasteiger partial charge in [0, 0.05) is 10.6 Å². The second kappa shape index (κ2) is 6.78. The Morgan fingerprint density at radius 1 is 1.43 bits per heavy atom. The predicted octanol–water partition coefficient (Wildman–Crippen LogP) is 3.37. The molecule has 0 aliphatic rings.